The molecule has 0 aliphatic heterocycles. The first-order valence-corrected chi connectivity index (χ1v) is 10.3. The van der Waals surface area contributed by atoms with Gasteiger partial charge in [-0.1, -0.05) is 36.4 Å². The number of nitrogens with zero attached hydrogens (tertiary/aromatic N) is 1. The van der Waals surface area contributed by atoms with Gasteiger partial charge in [0.05, 0.1) is 20.1 Å². The van der Waals surface area contributed by atoms with E-state index in [-0.39, 0.29) is 6.54 Å². The highest BCUT2D eigenvalue weighted by molar-refractivity contribution is 6.37. The second-order valence-electron chi connectivity index (χ2n) is 8.46. The Morgan fingerprint density at radius 2 is 1.53 bits per heavy atom. The van der Waals surface area contributed by atoms with Gasteiger partial charge < -0.3 is 14.4 Å². The minimum Gasteiger partial charge on any atom is -0.497 e. The van der Waals surface area contributed by atoms with E-state index in [1.54, 1.807) is 52.1 Å². The first-order valence-electron chi connectivity index (χ1n) is 10.3. The van der Waals surface area contributed by atoms with Crippen molar-refractivity contribution in [3.05, 3.63) is 72.3 Å². The van der Waals surface area contributed by atoms with Crippen LogP contribution < -0.4 is 9.64 Å². The van der Waals surface area contributed by atoms with E-state index >= 15 is 0 Å². The van der Waals surface area contributed by atoms with Gasteiger partial charge in [0.1, 0.15) is 11.4 Å². The maximum absolute atomic E-state index is 13.1. The summed E-state index contributed by atoms with van der Waals surface area (Å²) in [5.74, 6) is -1.72. The maximum atomic E-state index is 13.1. The molecular formula is C26H27NO5. The van der Waals surface area contributed by atoms with Gasteiger partial charge in [-0.15, -0.1) is 0 Å². The number of carbonyl (C=O) groups is 3. The number of esters is 1. The summed E-state index contributed by atoms with van der Waals surface area (Å²) in [5, 5.41) is 2.15. The fraction of sp³-hybridized carbons (Fsp3) is 0.269. The third-order valence-electron chi connectivity index (χ3n) is 4.78. The number of anilines is 1. The number of hydrogen-bond acceptors (Lipinski definition) is 5. The van der Waals surface area contributed by atoms with Crippen molar-refractivity contribution in [2.24, 2.45) is 0 Å². The third-order valence-corrected chi connectivity index (χ3v) is 4.78. The molecule has 0 heterocycles. The van der Waals surface area contributed by atoms with Gasteiger partial charge in [-0.3, -0.25) is 9.59 Å². The van der Waals surface area contributed by atoms with E-state index < -0.39 is 29.7 Å². The van der Waals surface area contributed by atoms with Crippen LogP contribution in [0.15, 0.2) is 66.7 Å². The molecule has 0 N–H and O–H groups in total. The van der Waals surface area contributed by atoms with Crippen molar-refractivity contribution in [3.8, 4) is 5.75 Å². The van der Waals surface area contributed by atoms with Crippen LogP contribution in [0.5, 0.6) is 5.75 Å². The summed E-state index contributed by atoms with van der Waals surface area (Å²) in [7, 11) is 1.56. The normalized spacial score (nSPS) is 11.1. The Labute approximate surface area is 187 Å². The molecule has 6 nitrogen and oxygen atoms in total. The monoisotopic (exact) mass is 433 g/mol. The number of hydrogen-bond donors (Lipinski definition) is 0. The molecule has 0 spiro atoms. The molecule has 0 saturated heterocycles. The second-order valence-corrected chi connectivity index (χ2v) is 8.46. The van der Waals surface area contributed by atoms with Crippen LogP contribution in [0.2, 0.25) is 0 Å². The Morgan fingerprint density at radius 1 is 0.875 bits per heavy atom. The van der Waals surface area contributed by atoms with Crippen molar-refractivity contribution in [1.82, 2.24) is 0 Å². The molecule has 0 aromatic heterocycles. The summed E-state index contributed by atoms with van der Waals surface area (Å²) >= 11 is 0. The zero-order valence-corrected chi connectivity index (χ0v) is 18.8. The molecule has 0 saturated carbocycles. The van der Waals surface area contributed by atoms with Crippen molar-refractivity contribution in [2.45, 2.75) is 39.3 Å². The highest BCUT2D eigenvalue weighted by atomic mass is 16.6. The molecule has 1 amide bonds. The van der Waals surface area contributed by atoms with Crippen LogP contribution in [-0.2, 0) is 25.7 Å². The molecule has 3 rings (SSSR count). The number of benzene rings is 3. The van der Waals surface area contributed by atoms with E-state index in [1.807, 2.05) is 42.5 Å². The van der Waals surface area contributed by atoms with Gasteiger partial charge in [0, 0.05) is 5.69 Å². The fourth-order valence-electron chi connectivity index (χ4n) is 3.25. The smallest absolute Gasteiger partial charge is 0.375 e. The molecule has 0 unspecified atom stereocenters. The average molecular weight is 434 g/mol. The molecule has 0 radical (unpaired) electrons. The van der Waals surface area contributed by atoms with E-state index in [4.69, 9.17) is 9.47 Å². The minimum atomic E-state index is -1.01. The summed E-state index contributed by atoms with van der Waals surface area (Å²) in [6.07, 6.45) is -0.575. The maximum Gasteiger partial charge on any atom is 0.375 e. The van der Waals surface area contributed by atoms with E-state index in [1.165, 1.54) is 4.90 Å². The van der Waals surface area contributed by atoms with Gasteiger partial charge in [0.15, 0.2) is 0 Å². The lowest BCUT2D eigenvalue weighted by Gasteiger charge is -2.24. The Kier molecular flexibility index (Phi) is 6.93. The predicted octanol–water partition coefficient (Wildman–Crippen LogP) is 4.68. The van der Waals surface area contributed by atoms with Gasteiger partial charge in [0.2, 0.25) is 11.7 Å². The number of ketones is 1. The van der Waals surface area contributed by atoms with Gasteiger partial charge in [0.25, 0.3) is 0 Å². The number of ether oxygens (including phenoxy) is 2. The quantitative estimate of drug-likeness (QED) is 0.307. The van der Waals surface area contributed by atoms with Crippen LogP contribution in [0.25, 0.3) is 10.8 Å². The van der Waals surface area contributed by atoms with Crippen LogP contribution in [0, 0.1) is 0 Å². The molecule has 3 aromatic carbocycles. The summed E-state index contributed by atoms with van der Waals surface area (Å²) in [4.78, 5) is 39.0. The Morgan fingerprint density at radius 3 is 2.16 bits per heavy atom. The lowest BCUT2D eigenvalue weighted by atomic mass is 10.1. The Balaban J connectivity index is 1.86. The zero-order chi connectivity index (χ0) is 23.3. The van der Waals surface area contributed by atoms with Crippen molar-refractivity contribution < 1.29 is 23.9 Å². The largest absolute Gasteiger partial charge is 0.497 e. The first kappa shape index (κ1) is 23.0. The van der Waals surface area contributed by atoms with Gasteiger partial charge in [-0.25, -0.2) is 4.79 Å². The van der Waals surface area contributed by atoms with E-state index in [2.05, 4.69) is 0 Å². The molecular weight excluding hydrogens is 406 g/mol. The summed E-state index contributed by atoms with van der Waals surface area (Å²) in [6.45, 7) is 5.26. The fourth-order valence-corrected chi connectivity index (χ4v) is 3.25. The average Bonchev–Trinajstić information content (AvgIpc) is 2.76. The van der Waals surface area contributed by atoms with Crippen molar-refractivity contribution in [2.75, 3.05) is 12.0 Å². The molecule has 6 heteroatoms. The molecule has 0 fully saturated rings. The first-order chi connectivity index (χ1) is 15.2. The number of Topliss-reactive ketones (excluding diaryl/α,β-unsaturated/α-hetero) is 1. The van der Waals surface area contributed by atoms with E-state index in [0.717, 1.165) is 16.3 Å². The number of methoxy groups -OCH3 is 1. The minimum absolute atomic E-state index is 0.248. The number of carbonyl (C=O) groups excluding carboxylic acids is 3. The lowest BCUT2D eigenvalue weighted by molar-refractivity contribution is -0.163. The molecule has 166 valence electrons. The van der Waals surface area contributed by atoms with Crippen molar-refractivity contribution in [1.29, 1.82) is 0 Å². The molecule has 0 aliphatic rings. The summed E-state index contributed by atoms with van der Waals surface area (Å²) < 4.78 is 10.3. The van der Waals surface area contributed by atoms with Crippen molar-refractivity contribution >= 4 is 34.1 Å². The van der Waals surface area contributed by atoms with E-state index in [9.17, 15) is 14.4 Å². The summed E-state index contributed by atoms with van der Waals surface area (Å²) in [6, 6.07) is 20.9. The van der Waals surface area contributed by atoms with Gasteiger partial charge in [-0.05, 0) is 67.4 Å². The van der Waals surface area contributed by atoms with Crippen LogP contribution in [0.1, 0.15) is 32.8 Å². The topological polar surface area (TPSA) is 72.9 Å². The zero-order valence-electron chi connectivity index (χ0n) is 18.8. The predicted molar refractivity (Wildman–Crippen MR) is 124 cm³/mol. The van der Waals surface area contributed by atoms with Crippen LogP contribution in [0.3, 0.4) is 0 Å². The number of fused-ring (bicyclic) bond motifs is 1. The van der Waals surface area contributed by atoms with Crippen molar-refractivity contribution in [3.63, 3.8) is 0 Å². The molecule has 32 heavy (non-hydrogen) atoms. The molecule has 0 atom stereocenters. The van der Waals surface area contributed by atoms with E-state index in [0.29, 0.717) is 11.4 Å². The van der Waals surface area contributed by atoms with Gasteiger partial charge in [-0.2, -0.15) is 0 Å². The third kappa shape index (κ3) is 5.94. The Bertz CT molecular complexity index is 1130. The lowest BCUT2D eigenvalue weighted by Crippen LogP contribution is -2.35. The SMILES string of the molecule is COc1ccc(N(Cc2ccc3ccccc3c2)C(=O)CC(=O)C(=O)OC(C)(C)C)cc1. The molecule has 0 aliphatic carbocycles. The van der Waals surface area contributed by atoms with Crippen LogP contribution in [0.4, 0.5) is 5.69 Å². The van der Waals surface area contributed by atoms with Crippen LogP contribution >= 0.6 is 0 Å². The summed E-state index contributed by atoms with van der Waals surface area (Å²) in [5.41, 5.74) is 0.690. The van der Waals surface area contributed by atoms with Crippen LogP contribution in [-0.4, -0.2) is 30.4 Å². The standard InChI is InChI=1S/C26H27NO5/c1-26(2,3)32-25(30)23(28)16-24(29)27(21-11-13-22(31-4)14-12-21)17-18-9-10-19-7-5-6-8-20(19)15-18/h5-15H,16-17H2,1-4H3. The molecule has 3 aromatic rings. The number of rotatable bonds is 7. The highest BCUT2D eigenvalue weighted by Crippen LogP contribution is 2.24. The Hall–Kier alpha value is -3.67. The number of amides is 1. The highest BCUT2D eigenvalue weighted by Gasteiger charge is 2.27. The van der Waals surface area contributed by atoms with Gasteiger partial charge >= 0.3 is 5.97 Å². The molecule has 0 bridgehead atoms. The second kappa shape index (κ2) is 9.64.